The highest BCUT2D eigenvalue weighted by Gasteiger charge is 2.08. The molecule has 3 heteroatoms. The third-order valence-electron chi connectivity index (χ3n) is 2.54. The molecule has 1 unspecified atom stereocenters. The van der Waals surface area contributed by atoms with E-state index in [1.807, 2.05) is 18.2 Å². The molecule has 0 bridgehead atoms. The largest absolute Gasteiger partial charge is 0.323 e. The highest BCUT2D eigenvalue weighted by Crippen LogP contribution is 2.31. The van der Waals surface area contributed by atoms with Gasteiger partial charge in [0.2, 0.25) is 0 Å². The van der Waals surface area contributed by atoms with Crippen molar-refractivity contribution in [3.63, 3.8) is 0 Å². The molecular weight excluding hydrogens is 221 g/mol. The maximum absolute atomic E-state index is 13.1. The summed E-state index contributed by atoms with van der Waals surface area (Å²) in [6.45, 7) is 2.06. The standard InChI is InChI=1S/C13H14FNS/c1-2-11(15)13-7-6-12(16-13)9-4-3-5-10(14)8-9/h3-8,11H,2,15H2,1H3. The minimum Gasteiger partial charge on any atom is -0.323 e. The number of rotatable bonds is 3. The molecule has 0 aliphatic carbocycles. The van der Waals surface area contributed by atoms with Gasteiger partial charge in [-0.25, -0.2) is 4.39 Å². The van der Waals surface area contributed by atoms with E-state index >= 15 is 0 Å². The van der Waals surface area contributed by atoms with E-state index in [9.17, 15) is 4.39 Å². The van der Waals surface area contributed by atoms with Crippen LogP contribution in [0.15, 0.2) is 36.4 Å². The molecule has 0 spiro atoms. The lowest BCUT2D eigenvalue weighted by Crippen LogP contribution is -2.05. The fourth-order valence-corrected chi connectivity index (χ4v) is 2.64. The van der Waals surface area contributed by atoms with E-state index in [1.165, 1.54) is 6.07 Å². The Morgan fingerprint density at radius 2 is 2.12 bits per heavy atom. The van der Waals surface area contributed by atoms with Gasteiger partial charge >= 0.3 is 0 Å². The second kappa shape index (κ2) is 4.76. The number of hydrogen-bond donors (Lipinski definition) is 1. The molecule has 0 amide bonds. The monoisotopic (exact) mass is 235 g/mol. The van der Waals surface area contributed by atoms with Crippen LogP contribution in [0.1, 0.15) is 24.3 Å². The summed E-state index contributed by atoms with van der Waals surface area (Å²) >= 11 is 1.64. The van der Waals surface area contributed by atoms with Crippen molar-refractivity contribution in [2.75, 3.05) is 0 Å². The lowest BCUT2D eigenvalue weighted by atomic mass is 10.2. The van der Waals surface area contributed by atoms with Crippen LogP contribution in [0.5, 0.6) is 0 Å². The Bertz CT molecular complexity index is 478. The molecule has 1 atom stereocenters. The van der Waals surface area contributed by atoms with E-state index < -0.39 is 0 Å². The van der Waals surface area contributed by atoms with E-state index in [1.54, 1.807) is 23.5 Å². The summed E-state index contributed by atoms with van der Waals surface area (Å²) in [6, 6.07) is 10.8. The van der Waals surface area contributed by atoms with Crippen molar-refractivity contribution in [3.05, 3.63) is 47.1 Å². The quantitative estimate of drug-likeness (QED) is 0.856. The summed E-state index contributed by atoms with van der Waals surface area (Å²) in [4.78, 5) is 2.22. The van der Waals surface area contributed by atoms with Gasteiger partial charge < -0.3 is 5.73 Å². The third-order valence-corrected chi connectivity index (χ3v) is 3.81. The minimum absolute atomic E-state index is 0.0901. The summed E-state index contributed by atoms with van der Waals surface area (Å²) in [5.41, 5.74) is 6.87. The predicted molar refractivity (Wildman–Crippen MR) is 66.9 cm³/mol. The van der Waals surface area contributed by atoms with Gasteiger partial charge in [-0.3, -0.25) is 0 Å². The van der Waals surface area contributed by atoms with E-state index in [0.29, 0.717) is 0 Å². The molecule has 0 fully saturated rings. The van der Waals surface area contributed by atoms with Gasteiger partial charge in [0.25, 0.3) is 0 Å². The Kier molecular flexibility index (Phi) is 3.36. The fraction of sp³-hybridized carbons (Fsp3) is 0.231. The number of nitrogens with two attached hydrogens (primary N) is 1. The second-order valence-electron chi connectivity index (χ2n) is 3.73. The molecule has 1 nitrogen and oxygen atoms in total. The van der Waals surface area contributed by atoms with E-state index in [-0.39, 0.29) is 11.9 Å². The van der Waals surface area contributed by atoms with Crippen molar-refractivity contribution < 1.29 is 4.39 Å². The molecule has 1 aromatic carbocycles. The van der Waals surface area contributed by atoms with Gasteiger partial charge in [0.1, 0.15) is 5.82 Å². The van der Waals surface area contributed by atoms with Crippen molar-refractivity contribution >= 4 is 11.3 Å². The van der Waals surface area contributed by atoms with Crippen LogP contribution in [0.4, 0.5) is 4.39 Å². The molecule has 0 aliphatic rings. The highest BCUT2D eigenvalue weighted by molar-refractivity contribution is 7.15. The van der Waals surface area contributed by atoms with Crippen LogP contribution in [0.2, 0.25) is 0 Å². The van der Waals surface area contributed by atoms with Gasteiger partial charge in [0, 0.05) is 15.8 Å². The van der Waals surface area contributed by atoms with Gasteiger partial charge in [0.05, 0.1) is 0 Å². The molecule has 1 aromatic heterocycles. The number of thiophene rings is 1. The van der Waals surface area contributed by atoms with E-state index in [2.05, 4.69) is 6.92 Å². The van der Waals surface area contributed by atoms with Crippen LogP contribution in [-0.4, -0.2) is 0 Å². The molecule has 1 heterocycles. The first-order chi connectivity index (χ1) is 7.70. The van der Waals surface area contributed by atoms with Gasteiger partial charge in [-0.05, 0) is 36.2 Å². The Balaban J connectivity index is 2.31. The summed E-state index contributed by atoms with van der Waals surface area (Å²) in [5.74, 6) is -0.202. The fourth-order valence-electron chi connectivity index (χ4n) is 1.55. The first-order valence-corrected chi connectivity index (χ1v) is 6.13. The van der Waals surface area contributed by atoms with Crippen molar-refractivity contribution in [1.82, 2.24) is 0 Å². The molecule has 2 rings (SSSR count). The third kappa shape index (κ3) is 2.31. The second-order valence-corrected chi connectivity index (χ2v) is 4.84. The maximum atomic E-state index is 13.1. The van der Waals surface area contributed by atoms with Crippen LogP contribution in [0.3, 0.4) is 0 Å². The van der Waals surface area contributed by atoms with Crippen LogP contribution < -0.4 is 5.73 Å². The lowest BCUT2D eigenvalue weighted by molar-refractivity contribution is 0.628. The molecule has 2 N–H and O–H groups in total. The minimum atomic E-state index is -0.202. The first-order valence-electron chi connectivity index (χ1n) is 5.32. The topological polar surface area (TPSA) is 26.0 Å². The Morgan fingerprint density at radius 1 is 1.31 bits per heavy atom. The predicted octanol–water partition coefficient (Wildman–Crippen LogP) is 3.96. The molecule has 84 valence electrons. The van der Waals surface area contributed by atoms with Gasteiger partial charge in [0.15, 0.2) is 0 Å². The molecule has 2 aromatic rings. The SMILES string of the molecule is CCC(N)c1ccc(-c2cccc(F)c2)s1. The molecule has 0 saturated carbocycles. The molecule has 0 radical (unpaired) electrons. The summed E-state index contributed by atoms with van der Waals surface area (Å²) < 4.78 is 13.1. The smallest absolute Gasteiger partial charge is 0.123 e. The zero-order valence-corrected chi connectivity index (χ0v) is 9.93. The van der Waals surface area contributed by atoms with E-state index in [4.69, 9.17) is 5.73 Å². The van der Waals surface area contributed by atoms with Gasteiger partial charge in [-0.1, -0.05) is 19.1 Å². The summed E-state index contributed by atoms with van der Waals surface area (Å²) in [7, 11) is 0. The van der Waals surface area contributed by atoms with Crippen LogP contribution in [-0.2, 0) is 0 Å². The van der Waals surface area contributed by atoms with Crippen LogP contribution >= 0.6 is 11.3 Å². The highest BCUT2D eigenvalue weighted by atomic mass is 32.1. The number of hydrogen-bond acceptors (Lipinski definition) is 2. The number of halogens is 1. The van der Waals surface area contributed by atoms with Crippen molar-refractivity contribution in [2.45, 2.75) is 19.4 Å². The Hall–Kier alpha value is -1.19. The summed E-state index contributed by atoms with van der Waals surface area (Å²) in [6.07, 6.45) is 0.920. The molecule has 0 saturated heterocycles. The van der Waals surface area contributed by atoms with E-state index in [0.717, 1.165) is 21.7 Å². The van der Waals surface area contributed by atoms with Crippen LogP contribution in [0.25, 0.3) is 10.4 Å². The molecular formula is C13H14FNS. The average molecular weight is 235 g/mol. The zero-order chi connectivity index (χ0) is 11.5. The first kappa shape index (κ1) is 11.3. The molecule has 16 heavy (non-hydrogen) atoms. The molecule has 0 aliphatic heterocycles. The summed E-state index contributed by atoms with van der Waals surface area (Å²) in [5, 5.41) is 0. The van der Waals surface area contributed by atoms with Crippen molar-refractivity contribution in [1.29, 1.82) is 0 Å². The average Bonchev–Trinajstić information content (AvgIpc) is 2.77. The van der Waals surface area contributed by atoms with Gasteiger partial charge in [-0.15, -0.1) is 11.3 Å². The number of benzene rings is 1. The van der Waals surface area contributed by atoms with Crippen molar-refractivity contribution in [3.8, 4) is 10.4 Å². The van der Waals surface area contributed by atoms with Crippen molar-refractivity contribution in [2.24, 2.45) is 5.73 Å². The Labute approximate surface area is 98.7 Å². The lowest BCUT2D eigenvalue weighted by Gasteiger charge is -2.04. The van der Waals surface area contributed by atoms with Gasteiger partial charge in [-0.2, -0.15) is 0 Å². The zero-order valence-electron chi connectivity index (χ0n) is 9.11. The van der Waals surface area contributed by atoms with Crippen LogP contribution in [0, 0.1) is 5.82 Å². The maximum Gasteiger partial charge on any atom is 0.123 e. The normalized spacial score (nSPS) is 12.7. The Morgan fingerprint density at radius 3 is 2.81 bits per heavy atom.